The number of hydrogen-bond donors (Lipinski definition) is 2. The highest BCUT2D eigenvalue weighted by atomic mass is 32.2. The van der Waals surface area contributed by atoms with Gasteiger partial charge in [-0.1, -0.05) is 0 Å². The average molecular weight is 331 g/mol. The maximum absolute atomic E-state index is 13.3. The van der Waals surface area contributed by atoms with Crippen molar-refractivity contribution in [1.29, 1.82) is 0 Å². The predicted octanol–water partition coefficient (Wildman–Crippen LogP) is 3.33. The lowest BCUT2D eigenvalue weighted by molar-refractivity contribution is 0.598. The highest BCUT2D eigenvalue weighted by Gasteiger charge is 2.15. The molecule has 0 saturated heterocycles. The summed E-state index contributed by atoms with van der Waals surface area (Å²) in [4.78, 5) is 7.12. The first kappa shape index (κ1) is 15.2. The number of nitrogens with zero attached hydrogens (tertiary/aromatic N) is 1. The minimum absolute atomic E-state index is 0.0199. The van der Waals surface area contributed by atoms with Crippen LogP contribution in [0.3, 0.4) is 0 Å². The molecule has 0 aliphatic heterocycles. The number of halogens is 1. The van der Waals surface area contributed by atoms with E-state index in [2.05, 4.69) is 14.7 Å². The zero-order valence-corrected chi connectivity index (χ0v) is 13.1. The smallest absolute Gasteiger partial charge is 0.261 e. The molecule has 3 rings (SSSR count). The number of rotatable bonds is 4. The third-order valence-corrected chi connectivity index (χ3v) is 4.73. The van der Waals surface area contributed by atoms with Crippen molar-refractivity contribution in [2.24, 2.45) is 0 Å². The zero-order chi connectivity index (χ0) is 16.4. The Morgan fingerprint density at radius 1 is 1.13 bits per heavy atom. The van der Waals surface area contributed by atoms with E-state index in [1.807, 2.05) is 0 Å². The van der Waals surface area contributed by atoms with Gasteiger partial charge in [0.1, 0.15) is 11.6 Å². The van der Waals surface area contributed by atoms with Crippen molar-refractivity contribution in [2.75, 3.05) is 4.72 Å². The monoisotopic (exact) mass is 331 g/mol. The molecule has 0 bridgehead atoms. The van der Waals surface area contributed by atoms with Crippen LogP contribution in [0.2, 0.25) is 0 Å². The number of H-pyrrole nitrogens is 1. The Morgan fingerprint density at radius 3 is 2.48 bits per heavy atom. The number of aryl methyl sites for hydroxylation is 1. The van der Waals surface area contributed by atoms with Gasteiger partial charge in [0.05, 0.1) is 4.90 Å². The van der Waals surface area contributed by atoms with Gasteiger partial charge < -0.3 is 4.98 Å². The largest absolute Gasteiger partial charge is 0.345 e. The molecule has 2 aromatic carbocycles. The predicted molar refractivity (Wildman–Crippen MR) is 86.0 cm³/mol. The Labute approximate surface area is 133 Å². The molecule has 1 aromatic heterocycles. The second-order valence-corrected chi connectivity index (χ2v) is 6.71. The summed E-state index contributed by atoms with van der Waals surface area (Å²) in [5, 5.41) is 0. The molecular weight excluding hydrogens is 317 g/mol. The van der Waals surface area contributed by atoms with Crippen LogP contribution in [0, 0.1) is 12.7 Å². The zero-order valence-electron chi connectivity index (χ0n) is 12.2. The van der Waals surface area contributed by atoms with Gasteiger partial charge >= 0.3 is 0 Å². The molecule has 0 atom stereocenters. The van der Waals surface area contributed by atoms with Gasteiger partial charge in [-0.25, -0.2) is 17.8 Å². The third-order valence-electron chi connectivity index (χ3n) is 3.35. The van der Waals surface area contributed by atoms with E-state index < -0.39 is 15.8 Å². The van der Waals surface area contributed by atoms with E-state index in [4.69, 9.17) is 0 Å². The van der Waals surface area contributed by atoms with Crippen LogP contribution in [-0.4, -0.2) is 18.4 Å². The van der Waals surface area contributed by atoms with Gasteiger partial charge in [-0.2, -0.15) is 0 Å². The number of aromatic amines is 1. The molecule has 0 aliphatic carbocycles. The first-order valence-electron chi connectivity index (χ1n) is 6.84. The lowest BCUT2D eigenvalue weighted by Gasteiger charge is -2.09. The number of nitrogens with one attached hydrogen (secondary N) is 2. The fourth-order valence-electron chi connectivity index (χ4n) is 2.12. The van der Waals surface area contributed by atoms with Crippen LogP contribution < -0.4 is 4.72 Å². The fourth-order valence-corrected chi connectivity index (χ4v) is 3.26. The van der Waals surface area contributed by atoms with Crippen LogP contribution in [0.5, 0.6) is 0 Å². The number of hydrogen-bond acceptors (Lipinski definition) is 3. The molecule has 0 aliphatic rings. The Kier molecular flexibility index (Phi) is 3.87. The van der Waals surface area contributed by atoms with Crippen molar-refractivity contribution in [1.82, 2.24) is 9.97 Å². The summed E-state index contributed by atoms with van der Waals surface area (Å²) in [6.45, 7) is 1.52. The maximum Gasteiger partial charge on any atom is 0.261 e. The first-order valence-corrected chi connectivity index (χ1v) is 8.33. The quantitative estimate of drug-likeness (QED) is 0.770. The van der Waals surface area contributed by atoms with Crippen molar-refractivity contribution in [2.45, 2.75) is 11.8 Å². The molecule has 1 heterocycles. The van der Waals surface area contributed by atoms with Crippen molar-refractivity contribution >= 4 is 15.7 Å². The van der Waals surface area contributed by atoms with E-state index in [0.717, 1.165) is 11.6 Å². The van der Waals surface area contributed by atoms with E-state index in [1.165, 1.54) is 19.1 Å². The van der Waals surface area contributed by atoms with Gasteiger partial charge in [-0.3, -0.25) is 4.72 Å². The topological polar surface area (TPSA) is 74.8 Å². The molecule has 0 amide bonds. The molecule has 0 radical (unpaired) electrons. The van der Waals surface area contributed by atoms with E-state index in [9.17, 15) is 12.8 Å². The molecule has 118 valence electrons. The Morgan fingerprint density at radius 2 is 1.87 bits per heavy atom. The van der Waals surface area contributed by atoms with Gasteiger partial charge in [0, 0.05) is 23.6 Å². The Balaban J connectivity index is 1.84. The Bertz CT molecular complexity index is 920. The molecule has 0 fully saturated rings. The van der Waals surface area contributed by atoms with Gasteiger partial charge in [0.25, 0.3) is 10.0 Å². The molecule has 7 heteroatoms. The second-order valence-electron chi connectivity index (χ2n) is 5.03. The van der Waals surface area contributed by atoms with Crippen LogP contribution in [0.4, 0.5) is 10.1 Å². The number of imidazole rings is 1. The Hall–Kier alpha value is -2.67. The molecule has 5 nitrogen and oxygen atoms in total. The summed E-state index contributed by atoms with van der Waals surface area (Å²) in [5.74, 6) is 0.264. The summed E-state index contributed by atoms with van der Waals surface area (Å²) in [6, 6.07) is 10.5. The van der Waals surface area contributed by atoms with E-state index in [1.54, 1.807) is 36.7 Å². The molecule has 3 aromatic rings. The molecule has 23 heavy (non-hydrogen) atoms. The molecule has 0 saturated carbocycles. The molecule has 2 N–H and O–H groups in total. The van der Waals surface area contributed by atoms with Crippen molar-refractivity contribution in [3.05, 3.63) is 66.2 Å². The normalized spacial score (nSPS) is 11.4. The number of sulfonamides is 1. The van der Waals surface area contributed by atoms with E-state index in [0.29, 0.717) is 11.5 Å². The van der Waals surface area contributed by atoms with Crippen molar-refractivity contribution < 1.29 is 12.8 Å². The fraction of sp³-hybridized carbons (Fsp3) is 0.0625. The third kappa shape index (κ3) is 3.24. The molecule has 0 spiro atoms. The van der Waals surface area contributed by atoms with Crippen LogP contribution in [0.1, 0.15) is 5.56 Å². The average Bonchev–Trinajstić information content (AvgIpc) is 3.04. The number of anilines is 1. The van der Waals surface area contributed by atoms with E-state index >= 15 is 0 Å². The van der Waals surface area contributed by atoms with Gasteiger partial charge in [-0.05, 0) is 55.0 Å². The minimum atomic E-state index is -3.76. The summed E-state index contributed by atoms with van der Waals surface area (Å²) in [6.07, 6.45) is 3.35. The van der Waals surface area contributed by atoms with Crippen molar-refractivity contribution in [3.63, 3.8) is 0 Å². The van der Waals surface area contributed by atoms with Crippen LogP contribution in [0.15, 0.2) is 59.8 Å². The summed E-state index contributed by atoms with van der Waals surface area (Å²) >= 11 is 0. The van der Waals surface area contributed by atoms with Gasteiger partial charge in [0.15, 0.2) is 0 Å². The summed E-state index contributed by atoms with van der Waals surface area (Å²) < 4.78 is 40.4. The van der Waals surface area contributed by atoms with Crippen LogP contribution >= 0.6 is 0 Å². The van der Waals surface area contributed by atoms with Gasteiger partial charge in [0.2, 0.25) is 0 Å². The lowest BCUT2D eigenvalue weighted by Crippen LogP contribution is -2.13. The summed E-state index contributed by atoms with van der Waals surface area (Å²) in [7, 11) is -3.76. The first-order chi connectivity index (χ1) is 11.0. The summed E-state index contributed by atoms with van der Waals surface area (Å²) in [5.41, 5.74) is 1.54. The van der Waals surface area contributed by atoms with Crippen molar-refractivity contribution in [3.8, 4) is 11.4 Å². The minimum Gasteiger partial charge on any atom is -0.345 e. The maximum atomic E-state index is 13.3. The number of aromatic nitrogens is 2. The van der Waals surface area contributed by atoms with Crippen LogP contribution in [0.25, 0.3) is 11.4 Å². The van der Waals surface area contributed by atoms with Gasteiger partial charge in [-0.15, -0.1) is 0 Å². The molecule has 0 unspecified atom stereocenters. The molecular formula is C16H14FN3O2S. The highest BCUT2D eigenvalue weighted by molar-refractivity contribution is 7.92. The number of benzene rings is 2. The lowest BCUT2D eigenvalue weighted by atomic mass is 10.2. The standard InChI is InChI=1S/C16H14FN3O2S/c1-11-10-14(6-7-15(11)17)23(21,22)20-13-4-2-12(3-5-13)16-18-8-9-19-16/h2-10,20H,1H3,(H,18,19). The highest BCUT2D eigenvalue weighted by Crippen LogP contribution is 2.21. The van der Waals surface area contributed by atoms with E-state index in [-0.39, 0.29) is 10.5 Å². The SMILES string of the molecule is Cc1cc(S(=O)(=O)Nc2ccc(-c3ncc[nH]3)cc2)ccc1F. The van der Waals surface area contributed by atoms with Crippen LogP contribution in [-0.2, 0) is 10.0 Å². The second kappa shape index (κ2) is 5.85.